The maximum Gasteiger partial charge on any atom is 0.137 e. The lowest BCUT2D eigenvalue weighted by molar-refractivity contribution is 1.03. The lowest BCUT2D eigenvalue weighted by Gasteiger charge is -2.33. The molecule has 0 radical (unpaired) electrons. The molecule has 0 unspecified atom stereocenters. The number of halogens is 1. The van der Waals surface area contributed by atoms with E-state index in [0.717, 1.165) is 32.8 Å². The highest BCUT2D eigenvalue weighted by Gasteiger charge is 2.32. The van der Waals surface area contributed by atoms with Crippen molar-refractivity contribution in [2.45, 2.75) is 9.79 Å². The van der Waals surface area contributed by atoms with Crippen molar-refractivity contribution in [3.8, 4) is 5.69 Å². The minimum Gasteiger partial charge on any atom is -0.295 e. The van der Waals surface area contributed by atoms with Crippen LogP contribution in [-0.4, -0.2) is 4.57 Å². The smallest absolute Gasteiger partial charge is 0.137 e. The monoisotopic (exact) mass is 424 g/mol. The van der Waals surface area contributed by atoms with E-state index in [1.54, 1.807) is 11.8 Å². The van der Waals surface area contributed by atoms with Crippen molar-refractivity contribution in [1.29, 1.82) is 0 Å². The van der Waals surface area contributed by atoms with Gasteiger partial charge in [-0.3, -0.25) is 9.47 Å². The first-order chi connectivity index (χ1) is 14.8. The number of fused-ring (bicyclic) bond motifs is 4. The minimum absolute atomic E-state index is 0.778. The second-order valence-corrected chi connectivity index (χ2v) is 8.63. The van der Waals surface area contributed by atoms with E-state index in [1.165, 1.54) is 15.8 Å². The van der Waals surface area contributed by atoms with Gasteiger partial charge in [-0.2, -0.15) is 0 Å². The van der Waals surface area contributed by atoms with Crippen molar-refractivity contribution in [3.05, 3.63) is 108 Å². The van der Waals surface area contributed by atoms with Crippen LogP contribution >= 0.6 is 23.4 Å². The highest BCUT2D eigenvalue weighted by Crippen LogP contribution is 2.57. The first kappa shape index (κ1) is 17.7. The van der Waals surface area contributed by atoms with Crippen LogP contribution in [0.4, 0.5) is 17.2 Å². The maximum atomic E-state index is 6.68. The Balaban J connectivity index is 1.76. The Bertz CT molecular complexity index is 1380. The van der Waals surface area contributed by atoms with E-state index in [0.29, 0.717) is 0 Å². The van der Waals surface area contributed by atoms with Gasteiger partial charge in [0.25, 0.3) is 0 Å². The Kier molecular flexibility index (Phi) is 4.12. The molecule has 0 spiro atoms. The molecule has 0 saturated heterocycles. The van der Waals surface area contributed by atoms with Crippen LogP contribution < -0.4 is 4.90 Å². The number of para-hydroxylation sites is 3. The highest BCUT2D eigenvalue weighted by molar-refractivity contribution is 8.00. The zero-order valence-corrected chi connectivity index (χ0v) is 17.6. The number of hydrogen-bond acceptors (Lipinski definition) is 2. The van der Waals surface area contributed by atoms with Crippen LogP contribution in [0.15, 0.2) is 113 Å². The van der Waals surface area contributed by atoms with E-state index in [1.807, 2.05) is 12.1 Å². The SMILES string of the molecule is Clc1cccc2c1Sc1c(n(-c3ccccc3)c3ccccc13)N2c1ccccc1. The maximum absolute atomic E-state index is 6.68. The molecular weight excluding hydrogens is 408 g/mol. The number of rotatable bonds is 2. The standard InChI is InChI=1S/C26H17ClN2S/c27-21-15-9-17-23-25(21)30-24-20-14-7-8-16-22(20)28(18-10-3-1-4-11-18)26(24)29(23)19-12-5-2-6-13-19/h1-17H. The van der Waals surface area contributed by atoms with Gasteiger partial charge in [0.1, 0.15) is 5.82 Å². The van der Waals surface area contributed by atoms with Crippen molar-refractivity contribution >= 4 is 51.5 Å². The zero-order chi connectivity index (χ0) is 20.1. The molecule has 1 aliphatic rings. The van der Waals surface area contributed by atoms with E-state index in [9.17, 15) is 0 Å². The number of hydrogen-bond donors (Lipinski definition) is 0. The summed E-state index contributed by atoms with van der Waals surface area (Å²) < 4.78 is 2.36. The van der Waals surface area contributed by atoms with E-state index in [4.69, 9.17) is 11.6 Å². The quantitative estimate of drug-likeness (QED) is 0.276. The predicted octanol–water partition coefficient (Wildman–Crippen LogP) is 8.22. The molecule has 6 rings (SSSR count). The second-order valence-electron chi connectivity index (χ2n) is 7.20. The van der Waals surface area contributed by atoms with Crippen molar-refractivity contribution < 1.29 is 0 Å². The summed E-state index contributed by atoms with van der Waals surface area (Å²) in [6.07, 6.45) is 0. The average molecular weight is 425 g/mol. The normalized spacial score (nSPS) is 12.6. The van der Waals surface area contributed by atoms with Gasteiger partial charge in [0.2, 0.25) is 0 Å². The van der Waals surface area contributed by atoms with Crippen molar-refractivity contribution in [2.75, 3.05) is 4.90 Å². The predicted molar refractivity (Wildman–Crippen MR) is 127 cm³/mol. The molecule has 2 heterocycles. The van der Waals surface area contributed by atoms with E-state index in [2.05, 4.69) is 100 Å². The fraction of sp³-hybridized carbons (Fsp3) is 0. The van der Waals surface area contributed by atoms with E-state index in [-0.39, 0.29) is 0 Å². The Morgan fingerprint density at radius 1 is 0.600 bits per heavy atom. The molecule has 4 aromatic carbocycles. The van der Waals surface area contributed by atoms with Crippen LogP contribution in [0.2, 0.25) is 5.02 Å². The van der Waals surface area contributed by atoms with Gasteiger partial charge in [-0.15, -0.1) is 0 Å². The molecule has 0 fully saturated rings. The molecule has 5 aromatic rings. The van der Waals surface area contributed by atoms with Crippen LogP contribution in [0.3, 0.4) is 0 Å². The van der Waals surface area contributed by atoms with Gasteiger partial charge < -0.3 is 0 Å². The summed E-state index contributed by atoms with van der Waals surface area (Å²) in [5.74, 6) is 1.15. The molecule has 0 aliphatic carbocycles. The van der Waals surface area contributed by atoms with Gasteiger partial charge in [-0.25, -0.2) is 0 Å². The molecule has 0 saturated carbocycles. The first-order valence-electron chi connectivity index (χ1n) is 9.83. The molecule has 144 valence electrons. The fourth-order valence-electron chi connectivity index (χ4n) is 4.17. The van der Waals surface area contributed by atoms with Gasteiger partial charge in [-0.05, 0) is 42.5 Å². The Morgan fingerprint density at radius 3 is 2.03 bits per heavy atom. The lowest BCUT2D eigenvalue weighted by atomic mass is 10.2. The van der Waals surface area contributed by atoms with Gasteiger partial charge in [-0.1, -0.05) is 84.0 Å². The lowest BCUT2D eigenvalue weighted by Crippen LogP contribution is -2.18. The summed E-state index contributed by atoms with van der Waals surface area (Å²) in [7, 11) is 0. The molecule has 0 atom stereocenters. The van der Waals surface area contributed by atoms with Crippen LogP contribution in [0, 0.1) is 0 Å². The van der Waals surface area contributed by atoms with Crippen molar-refractivity contribution in [1.82, 2.24) is 4.57 Å². The fourth-order valence-corrected chi connectivity index (χ4v) is 5.64. The van der Waals surface area contributed by atoms with Crippen molar-refractivity contribution in [3.63, 3.8) is 0 Å². The second kappa shape index (κ2) is 6.98. The summed E-state index contributed by atoms with van der Waals surface area (Å²) in [5, 5.41) is 2.01. The van der Waals surface area contributed by atoms with E-state index < -0.39 is 0 Å². The number of aromatic nitrogens is 1. The third-order valence-electron chi connectivity index (χ3n) is 5.44. The average Bonchev–Trinajstić information content (AvgIpc) is 3.13. The van der Waals surface area contributed by atoms with Crippen LogP contribution in [0.25, 0.3) is 16.6 Å². The van der Waals surface area contributed by atoms with Crippen molar-refractivity contribution in [2.24, 2.45) is 0 Å². The molecule has 0 N–H and O–H groups in total. The Labute approximate surface area is 184 Å². The topological polar surface area (TPSA) is 8.17 Å². The zero-order valence-electron chi connectivity index (χ0n) is 16.0. The first-order valence-corrected chi connectivity index (χ1v) is 11.0. The van der Waals surface area contributed by atoms with Gasteiger partial charge in [0.15, 0.2) is 0 Å². The molecule has 30 heavy (non-hydrogen) atoms. The van der Waals surface area contributed by atoms with Crippen LogP contribution in [0.1, 0.15) is 0 Å². The summed E-state index contributed by atoms with van der Waals surface area (Å²) in [6, 6.07) is 35.8. The highest BCUT2D eigenvalue weighted by atomic mass is 35.5. The number of anilines is 3. The number of benzene rings is 4. The summed E-state index contributed by atoms with van der Waals surface area (Å²) in [6.45, 7) is 0. The summed E-state index contributed by atoms with van der Waals surface area (Å²) >= 11 is 8.44. The van der Waals surface area contributed by atoms with E-state index >= 15 is 0 Å². The molecule has 4 heteroatoms. The molecule has 2 nitrogen and oxygen atoms in total. The molecule has 0 bridgehead atoms. The van der Waals surface area contributed by atoms with Crippen LogP contribution in [0.5, 0.6) is 0 Å². The van der Waals surface area contributed by atoms with Crippen LogP contribution in [-0.2, 0) is 0 Å². The Hall–Kier alpha value is -3.14. The van der Waals surface area contributed by atoms with Gasteiger partial charge in [0.05, 0.1) is 26.0 Å². The summed E-state index contributed by atoms with van der Waals surface area (Å²) in [5.41, 5.74) is 4.54. The molecule has 0 amide bonds. The minimum atomic E-state index is 0.778. The third kappa shape index (κ3) is 2.59. The number of nitrogens with zero attached hydrogens (tertiary/aromatic N) is 2. The largest absolute Gasteiger partial charge is 0.295 e. The van der Waals surface area contributed by atoms with Gasteiger partial charge in [0, 0.05) is 16.8 Å². The molecule has 1 aromatic heterocycles. The Morgan fingerprint density at radius 2 is 1.27 bits per heavy atom. The van der Waals surface area contributed by atoms with Gasteiger partial charge >= 0.3 is 0 Å². The molecular formula is C26H17ClN2S. The molecule has 1 aliphatic heterocycles. The third-order valence-corrected chi connectivity index (χ3v) is 7.10. The summed E-state index contributed by atoms with van der Waals surface area (Å²) in [4.78, 5) is 4.64.